The summed E-state index contributed by atoms with van der Waals surface area (Å²) in [6.07, 6.45) is 0.330. The molecule has 1 N–H and O–H groups in total. The first-order valence-electron chi connectivity index (χ1n) is 6.57. The lowest BCUT2D eigenvalue weighted by molar-refractivity contribution is -0.121. The maximum absolute atomic E-state index is 13.4. The average molecular weight is 275 g/mol. The number of benzene rings is 1. The Balaban J connectivity index is 1.82. The van der Waals surface area contributed by atoms with Crippen molar-refractivity contribution in [3.63, 3.8) is 0 Å². The maximum atomic E-state index is 13.4. The minimum Gasteiger partial charge on any atom is -0.352 e. The fourth-order valence-electron chi connectivity index (χ4n) is 2.03. The number of halogens is 1. The lowest BCUT2D eigenvalue weighted by atomic mass is 10.2. The monoisotopic (exact) mass is 275 g/mol. The highest BCUT2D eigenvalue weighted by atomic mass is 19.1. The molecule has 1 heterocycles. The van der Waals surface area contributed by atoms with Crippen molar-refractivity contribution in [1.82, 2.24) is 15.1 Å². The third kappa shape index (κ3) is 3.66. The van der Waals surface area contributed by atoms with Crippen LogP contribution in [0.15, 0.2) is 30.3 Å². The van der Waals surface area contributed by atoms with Crippen LogP contribution in [0.5, 0.6) is 0 Å². The van der Waals surface area contributed by atoms with E-state index in [-0.39, 0.29) is 18.3 Å². The van der Waals surface area contributed by atoms with E-state index >= 15 is 0 Å². The SMILES string of the molecule is Cc1cc(C)n(CCC(=O)NCc2ccccc2F)n1. The molecule has 0 aliphatic rings. The van der Waals surface area contributed by atoms with Crippen LogP contribution >= 0.6 is 0 Å². The molecule has 0 atom stereocenters. The molecular formula is C15H18FN3O. The number of nitrogens with zero attached hydrogens (tertiary/aromatic N) is 2. The molecule has 0 radical (unpaired) electrons. The smallest absolute Gasteiger partial charge is 0.222 e. The van der Waals surface area contributed by atoms with Gasteiger partial charge in [-0.25, -0.2) is 4.39 Å². The Morgan fingerprint density at radius 2 is 2.10 bits per heavy atom. The zero-order chi connectivity index (χ0) is 14.5. The quantitative estimate of drug-likeness (QED) is 0.910. The molecule has 1 amide bonds. The van der Waals surface area contributed by atoms with Crippen molar-refractivity contribution in [2.75, 3.05) is 0 Å². The predicted octanol–water partition coefficient (Wildman–Crippen LogP) is 2.35. The lowest BCUT2D eigenvalue weighted by Crippen LogP contribution is -2.24. The summed E-state index contributed by atoms with van der Waals surface area (Å²) in [7, 11) is 0. The summed E-state index contributed by atoms with van der Waals surface area (Å²) in [5.74, 6) is -0.410. The first kappa shape index (κ1) is 14.2. The molecule has 20 heavy (non-hydrogen) atoms. The minimum absolute atomic E-state index is 0.110. The Morgan fingerprint density at radius 3 is 2.75 bits per heavy atom. The molecular weight excluding hydrogens is 257 g/mol. The van der Waals surface area contributed by atoms with Gasteiger partial charge in [-0.2, -0.15) is 5.10 Å². The van der Waals surface area contributed by atoms with Gasteiger partial charge in [-0.1, -0.05) is 18.2 Å². The van der Waals surface area contributed by atoms with Crippen LogP contribution in [-0.2, 0) is 17.9 Å². The van der Waals surface area contributed by atoms with Crippen LogP contribution in [0.3, 0.4) is 0 Å². The highest BCUT2D eigenvalue weighted by Crippen LogP contribution is 2.06. The minimum atomic E-state index is -0.300. The molecule has 0 saturated carbocycles. The summed E-state index contributed by atoms with van der Waals surface area (Å²) in [6, 6.07) is 8.40. The van der Waals surface area contributed by atoms with Crippen LogP contribution in [0.4, 0.5) is 4.39 Å². The van der Waals surface area contributed by atoms with Gasteiger partial charge in [0, 0.05) is 30.8 Å². The fourth-order valence-corrected chi connectivity index (χ4v) is 2.03. The number of hydrogen-bond acceptors (Lipinski definition) is 2. The molecule has 0 fully saturated rings. The van der Waals surface area contributed by atoms with Gasteiger partial charge in [-0.3, -0.25) is 9.48 Å². The topological polar surface area (TPSA) is 46.9 Å². The van der Waals surface area contributed by atoms with Crippen molar-refractivity contribution >= 4 is 5.91 Å². The second kappa shape index (κ2) is 6.32. The van der Waals surface area contributed by atoms with Crippen molar-refractivity contribution in [3.05, 3.63) is 53.1 Å². The lowest BCUT2D eigenvalue weighted by Gasteiger charge is -2.07. The van der Waals surface area contributed by atoms with Crippen LogP contribution in [0, 0.1) is 19.7 Å². The molecule has 1 aromatic carbocycles. The molecule has 0 aliphatic heterocycles. The molecule has 0 aliphatic carbocycles. The maximum Gasteiger partial charge on any atom is 0.222 e. The van der Waals surface area contributed by atoms with Crippen LogP contribution in [-0.4, -0.2) is 15.7 Å². The molecule has 1 aromatic heterocycles. The summed E-state index contributed by atoms with van der Waals surface area (Å²) >= 11 is 0. The first-order chi connectivity index (χ1) is 9.56. The van der Waals surface area contributed by atoms with E-state index in [1.165, 1.54) is 6.07 Å². The third-order valence-corrected chi connectivity index (χ3v) is 3.09. The van der Waals surface area contributed by atoms with E-state index in [9.17, 15) is 9.18 Å². The van der Waals surface area contributed by atoms with E-state index in [0.29, 0.717) is 18.5 Å². The van der Waals surface area contributed by atoms with Gasteiger partial charge in [0.2, 0.25) is 5.91 Å². The van der Waals surface area contributed by atoms with E-state index in [0.717, 1.165) is 11.4 Å². The van der Waals surface area contributed by atoms with Crippen LogP contribution in [0.2, 0.25) is 0 Å². The molecule has 2 aromatic rings. The van der Waals surface area contributed by atoms with Crippen molar-refractivity contribution in [3.8, 4) is 0 Å². The number of aromatic nitrogens is 2. The van der Waals surface area contributed by atoms with Crippen molar-refractivity contribution in [2.45, 2.75) is 33.4 Å². The van der Waals surface area contributed by atoms with Gasteiger partial charge in [0.1, 0.15) is 5.82 Å². The number of aryl methyl sites for hydroxylation is 3. The van der Waals surface area contributed by atoms with Gasteiger partial charge < -0.3 is 5.32 Å². The van der Waals surface area contributed by atoms with Crippen LogP contribution in [0.1, 0.15) is 23.4 Å². The summed E-state index contributed by atoms with van der Waals surface area (Å²) in [5.41, 5.74) is 2.46. The van der Waals surface area contributed by atoms with E-state index in [1.807, 2.05) is 19.9 Å². The molecule has 0 saturated heterocycles. The Labute approximate surface area is 117 Å². The van der Waals surface area contributed by atoms with Gasteiger partial charge in [0.25, 0.3) is 0 Å². The van der Waals surface area contributed by atoms with Gasteiger partial charge in [-0.15, -0.1) is 0 Å². The van der Waals surface area contributed by atoms with E-state index in [1.54, 1.807) is 22.9 Å². The predicted molar refractivity (Wildman–Crippen MR) is 74.6 cm³/mol. The van der Waals surface area contributed by atoms with Crippen molar-refractivity contribution in [2.24, 2.45) is 0 Å². The number of amides is 1. The molecule has 4 nitrogen and oxygen atoms in total. The largest absolute Gasteiger partial charge is 0.352 e. The number of hydrogen-bond donors (Lipinski definition) is 1. The summed E-state index contributed by atoms with van der Waals surface area (Å²) in [6.45, 7) is 4.62. The van der Waals surface area contributed by atoms with E-state index < -0.39 is 0 Å². The normalized spacial score (nSPS) is 10.6. The summed E-state index contributed by atoms with van der Waals surface area (Å²) in [4.78, 5) is 11.7. The molecule has 0 unspecified atom stereocenters. The third-order valence-electron chi connectivity index (χ3n) is 3.09. The van der Waals surface area contributed by atoms with Crippen molar-refractivity contribution in [1.29, 1.82) is 0 Å². The Morgan fingerprint density at radius 1 is 1.35 bits per heavy atom. The number of rotatable bonds is 5. The van der Waals surface area contributed by atoms with E-state index in [4.69, 9.17) is 0 Å². The standard InChI is InChI=1S/C15H18FN3O/c1-11-9-12(2)19(18-11)8-7-15(20)17-10-13-5-3-4-6-14(13)16/h3-6,9H,7-8,10H2,1-2H3,(H,17,20). The number of carbonyl (C=O) groups excluding carboxylic acids is 1. The van der Waals surface area contributed by atoms with Crippen LogP contribution in [0.25, 0.3) is 0 Å². The molecule has 0 spiro atoms. The highest BCUT2D eigenvalue weighted by Gasteiger charge is 2.06. The Kier molecular flexibility index (Phi) is 4.50. The zero-order valence-corrected chi connectivity index (χ0v) is 11.7. The summed E-state index contributed by atoms with van der Waals surface area (Å²) < 4.78 is 15.2. The summed E-state index contributed by atoms with van der Waals surface area (Å²) in [5, 5.41) is 7.01. The van der Waals surface area contributed by atoms with Gasteiger partial charge in [-0.05, 0) is 26.0 Å². The second-order valence-corrected chi connectivity index (χ2v) is 4.77. The number of nitrogens with one attached hydrogen (secondary N) is 1. The first-order valence-corrected chi connectivity index (χ1v) is 6.57. The molecule has 0 bridgehead atoms. The van der Waals surface area contributed by atoms with Gasteiger partial charge >= 0.3 is 0 Å². The van der Waals surface area contributed by atoms with Gasteiger partial charge in [0.15, 0.2) is 0 Å². The average Bonchev–Trinajstić information content (AvgIpc) is 2.74. The highest BCUT2D eigenvalue weighted by molar-refractivity contribution is 5.75. The second-order valence-electron chi connectivity index (χ2n) is 4.77. The zero-order valence-electron chi connectivity index (χ0n) is 11.7. The van der Waals surface area contributed by atoms with Gasteiger partial charge in [0.05, 0.1) is 5.69 Å². The van der Waals surface area contributed by atoms with E-state index in [2.05, 4.69) is 10.4 Å². The fraction of sp³-hybridized carbons (Fsp3) is 0.333. The Hall–Kier alpha value is -2.17. The molecule has 106 valence electrons. The van der Waals surface area contributed by atoms with Crippen molar-refractivity contribution < 1.29 is 9.18 Å². The molecule has 2 rings (SSSR count). The Bertz CT molecular complexity index is 607. The molecule has 5 heteroatoms. The van der Waals surface area contributed by atoms with Crippen LogP contribution < -0.4 is 5.32 Å². The number of carbonyl (C=O) groups is 1.